The zero-order valence-corrected chi connectivity index (χ0v) is 14.6. The van der Waals surface area contributed by atoms with E-state index in [-0.39, 0.29) is 6.42 Å². The lowest BCUT2D eigenvalue weighted by Crippen LogP contribution is -2.47. The van der Waals surface area contributed by atoms with E-state index in [1.807, 2.05) is 60.7 Å². The topological polar surface area (TPSA) is 65.0 Å². The second-order valence-corrected chi connectivity index (χ2v) is 5.39. The van der Waals surface area contributed by atoms with Crippen LogP contribution >= 0.6 is 0 Å². The van der Waals surface area contributed by atoms with Crippen molar-refractivity contribution < 1.29 is 19.1 Å². The molecule has 0 aliphatic carbocycles. The molecule has 0 saturated heterocycles. The fourth-order valence-corrected chi connectivity index (χ4v) is 2.56. The van der Waals surface area contributed by atoms with Gasteiger partial charge in [0, 0.05) is 11.1 Å². The van der Waals surface area contributed by atoms with Crippen LogP contribution in [0.25, 0.3) is 0 Å². The Balaban J connectivity index is 2.73. The third-order valence-corrected chi connectivity index (χ3v) is 3.95. The minimum Gasteiger partial charge on any atom is -0.467 e. The standard InChI is InChI=1S/C20H21NO4/c1-4-20(18(22)24-2,19(23)25-3)21-17(15-11-7-5-8-12-15)16-13-9-6-10-14-16/h5-14H,4H2,1-3H3. The normalized spacial score (nSPS) is 10.7. The summed E-state index contributed by atoms with van der Waals surface area (Å²) in [5, 5.41) is 0. The molecule has 5 nitrogen and oxygen atoms in total. The van der Waals surface area contributed by atoms with Gasteiger partial charge in [-0.05, 0) is 6.42 Å². The number of nitrogens with zero attached hydrogens (tertiary/aromatic N) is 1. The number of methoxy groups -OCH3 is 2. The van der Waals surface area contributed by atoms with Crippen molar-refractivity contribution in [3.63, 3.8) is 0 Å². The molecule has 25 heavy (non-hydrogen) atoms. The monoisotopic (exact) mass is 339 g/mol. The molecule has 0 amide bonds. The molecule has 0 bridgehead atoms. The molecule has 0 N–H and O–H groups in total. The van der Waals surface area contributed by atoms with Crippen molar-refractivity contribution in [3.05, 3.63) is 71.8 Å². The number of aliphatic imine (C=N–C) groups is 1. The van der Waals surface area contributed by atoms with E-state index in [9.17, 15) is 9.59 Å². The van der Waals surface area contributed by atoms with Gasteiger partial charge in [-0.2, -0.15) is 0 Å². The van der Waals surface area contributed by atoms with Gasteiger partial charge in [-0.1, -0.05) is 67.6 Å². The molecule has 0 saturated carbocycles. The van der Waals surface area contributed by atoms with Crippen LogP contribution in [-0.4, -0.2) is 37.4 Å². The first-order valence-electron chi connectivity index (χ1n) is 7.96. The molecule has 0 heterocycles. The van der Waals surface area contributed by atoms with E-state index in [1.165, 1.54) is 14.2 Å². The molecule has 0 atom stereocenters. The summed E-state index contributed by atoms with van der Waals surface area (Å²) in [6.45, 7) is 1.70. The summed E-state index contributed by atoms with van der Waals surface area (Å²) < 4.78 is 9.71. The number of benzene rings is 2. The SMILES string of the molecule is CCC(N=C(c1ccccc1)c1ccccc1)(C(=O)OC)C(=O)OC. The van der Waals surface area contributed by atoms with Crippen LogP contribution in [0.15, 0.2) is 65.7 Å². The van der Waals surface area contributed by atoms with Crippen molar-refractivity contribution in [1.29, 1.82) is 0 Å². The lowest BCUT2D eigenvalue weighted by Gasteiger charge is -2.24. The van der Waals surface area contributed by atoms with Crippen molar-refractivity contribution in [2.75, 3.05) is 14.2 Å². The highest BCUT2D eigenvalue weighted by molar-refractivity contribution is 6.16. The van der Waals surface area contributed by atoms with Crippen LogP contribution in [0.1, 0.15) is 24.5 Å². The lowest BCUT2D eigenvalue weighted by molar-refractivity contribution is -0.161. The Morgan fingerprint density at radius 2 is 1.24 bits per heavy atom. The average molecular weight is 339 g/mol. The first kappa shape index (κ1) is 18.4. The number of carbonyl (C=O) groups is 2. The van der Waals surface area contributed by atoms with Crippen LogP contribution < -0.4 is 0 Å². The second-order valence-electron chi connectivity index (χ2n) is 5.39. The van der Waals surface area contributed by atoms with Gasteiger partial charge in [0.2, 0.25) is 0 Å². The Morgan fingerprint density at radius 1 is 0.840 bits per heavy atom. The van der Waals surface area contributed by atoms with Gasteiger partial charge >= 0.3 is 11.9 Å². The van der Waals surface area contributed by atoms with Crippen molar-refractivity contribution in [2.24, 2.45) is 4.99 Å². The van der Waals surface area contributed by atoms with Gasteiger partial charge in [0.15, 0.2) is 0 Å². The molecule has 2 rings (SSSR count). The zero-order valence-electron chi connectivity index (χ0n) is 14.6. The minimum atomic E-state index is -1.75. The Labute approximate surface area is 147 Å². The van der Waals surface area contributed by atoms with Crippen LogP contribution in [-0.2, 0) is 19.1 Å². The van der Waals surface area contributed by atoms with Crippen LogP contribution in [0.4, 0.5) is 0 Å². The molecule has 0 aromatic heterocycles. The largest absolute Gasteiger partial charge is 0.467 e. The van der Waals surface area contributed by atoms with Crippen LogP contribution in [0.2, 0.25) is 0 Å². The fraction of sp³-hybridized carbons (Fsp3) is 0.250. The van der Waals surface area contributed by atoms with Gasteiger partial charge in [0.05, 0.1) is 19.9 Å². The summed E-state index contributed by atoms with van der Waals surface area (Å²) in [6, 6.07) is 18.8. The molecule has 0 aliphatic heterocycles. The summed E-state index contributed by atoms with van der Waals surface area (Å²) in [4.78, 5) is 29.4. The van der Waals surface area contributed by atoms with E-state index in [4.69, 9.17) is 9.47 Å². The summed E-state index contributed by atoms with van der Waals surface area (Å²) in [5.74, 6) is -1.49. The molecule has 2 aromatic rings. The minimum absolute atomic E-state index is 0.121. The van der Waals surface area contributed by atoms with E-state index < -0.39 is 17.5 Å². The Kier molecular flexibility index (Phi) is 6.06. The number of hydrogen-bond donors (Lipinski definition) is 0. The number of rotatable bonds is 6. The van der Waals surface area contributed by atoms with E-state index in [0.29, 0.717) is 5.71 Å². The van der Waals surface area contributed by atoms with Crippen molar-refractivity contribution in [1.82, 2.24) is 0 Å². The first-order valence-corrected chi connectivity index (χ1v) is 7.96. The maximum atomic E-state index is 12.4. The van der Waals surface area contributed by atoms with Crippen molar-refractivity contribution >= 4 is 17.7 Å². The van der Waals surface area contributed by atoms with Crippen molar-refractivity contribution in [3.8, 4) is 0 Å². The molecular formula is C20H21NO4. The predicted octanol–water partition coefficient (Wildman–Crippen LogP) is 3.02. The average Bonchev–Trinajstić information content (AvgIpc) is 2.69. The van der Waals surface area contributed by atoms with Gasteiger partial charge in [-0.3, -0.25) is 4.99 Å². The first-order chi connectivity index (χ1) is 12.1. The highest BCUT2D eigenvalue weighted by Gasteiger charge is 2.47. The molecule has 0 unspecified atom stereocenters. The predicted molar refractivity (Wildman–Crippen MR) is 95.6 cm³/mol. The second kappa shape index (κ2) is 8.24. The number of esters is 2. The molecule has 0 spiro atoms. The molecule has 0 aliphatic rings. The smallest absolute Gasteiger partial charge is 0.345 e. The Hall–Kier alpha value is -2.95. The maximum Gasteiger partial charge on any atom is 0.345 e. The fourth-order valence-electron chi connectivity index (χ4n) is 2.56. The van der Waals surface area contributed by atoms with Gasteiger partial charge < -0.3 is 9.47 Å². The lowest BCUT2D eigenvalue weighted by atomic mass is 9.94. The highest BCUT2D eigenvalue weighted by atomic mass is 16.5. The molecular weight excluding hydrogens is 318 g/mol. The van der Waals surface area contributed by atoms with Crippen LogP contribution in [0.3, 0.4) is 0 Å². The zero-order chi connectivity index (χ0) is 18.3. The number of ether oxygens (including phenoxy) is 2. The van der Waals surface area contributed by atoms with E-state index >= 15 is 0 Å². The molecule has 2 aromatic carbocycles. The summed E-state index contributed by atoms with van der Waals surface area (Å²) >= 11 is 0. The number of hydrogen-bond acceptors (Lipinski definition) is 5. The number of carbonyl (C=O) groups excluding carboxylic acids is 2. The quantitative estimate of drug-likeness (QED) is 0.461. The van der Waals surface area contributed by atoms with E-state index in [0.717, 1.165) is 11.1 Å². The Bertz CT molecular complexity index is 696. The van der Waals surface area contributed by atoms with Crippen molar-refractivity contribution in [2.45, 2.75) is 18.9 Å². The molecule has 130 valence electrons. The summed E-state index contributed by atoms with van der Waals surface area (Å²) in [6.07, 6.45) is 0.121. The van der Waals surface area contributed by atoms with E-state index in [2.05, 4.69) is 4.99 Å². The molecule has 0 radical (unpaired) electrons. The maximum absolute atomic E-state index is 12.4. The molecule has 0 fully saturated rings. The summed E-state index contributed by atoms with van der Waals surface area (Å²) in [7, 11) is 2.46. The van der Waals surface area contributed by atoms with Gasteiger partial charge in [-0.25, -0.2) is 9.59 Å². The van der Waals surface area contributed by atoms with Gasteiger partial charge in [0.25, 0.3) is 5.54 Å². The third-order valence-electron chi connectivity index (χ3n) is 3.95. The van der Waals surface area contributed by atoms with Crippen LogP contribution in [0.5, 0.6) is 0 Å². The van der Waals surface area contributed by atoms with Gasteiger partial charge in [-0.15, -0.1) is 0 Å². The summed E-state index contributed by atoms with van der Waals surface area (Å²) in [5.41, 5.74) is 0.363. The highest BCUT2D eigenvalue weighted by Crippen LogP contribution is 2.24. The molecule has 5 heteroatoms. The van der Waals surface area contributed by atoms with E-state index in [1.54, 1.807) is 6.92 Å². The third kappa shape index (κ3) is 3.76. The van der Waals surface area contributed by atoms with Crippen LogP contribution in [0, 0.1) is 0 Å². The Morgan fingerprint density at radius 3 is 1.56 bits per heavy atom. The van der Waals surface area contributed by atoms with Gasteiger partial charge in [0.1, 0.15) is 0 Å².